The predicted molar refractivity (Wildman–Crippen MR) is 69.6 cm³/mol. The van der Waals surface area contributed by atoms with Crippen LogP contribution in [-0.4, -0.2) is 53.5 Å². The molecule has 0 aromatic rings. The molecule has 1 amide bonds. The zero-order valence-electron chi connectivity index (χ0n) is 12.0. The third-order valence-corrected chi connectivity index (χ3v) is 4.47. The number of amides is 1. The second-order valence-electron chi connectivity index (χ2n) is 5.98. The molecule has 122 valence electrons. The van der Waals surface area contributed by atoms with Gasteiger partial charge < -0.3 is 14.7 Å². The molecular formula is C14H22F3NO3. The van der Waals surface area contributed by atoms with E-state index < -0.39 is 24.6 Å². The quantitative estimate of drug-likeness (QED) is 0.870. The van der Waals surface area contributed by atoms with Crippen LogP contribution >= 0.6 is 0 Å². The molecule has 1 N–H and O–H groups in total. The molecule has 1 aliphatic carbocycles. The molecule has 0 bridgehead atoms. The number of carbonyl (C=O) groups is 1. The Hall–Kier alpha value is -0.820. The van der Waals surface area contributed by atoms with Gasteiger partial charge in [-0.05, 0) is 12.8 Å². The first-order valence-corrected chi connectivity index (χ1v) is 7.50. The molecular weight excluding hydrogens is 287 g/mol. The van der Waals surface area contributed by atoms with E-state index in [0.29, 0.717) is 0 Å². The zero-order valence-corrected chi connectivity index (χ0v) is 12.0. The molecule has 0 radical (unpaired) electrons. The van der Waals surface area contributed by atoms with Crippen LogP contribution < -0.4 is 0 Å². The molecule has 0 aromatic carbocycles. The number of carbonyl (C=O) groups excluding carboxylic acids is 1. The zero-order chi connectivity index (χ0) is 15.5. The summed E-state index contributed by atoms with van der Waals surface area (Å²) in [6.45, 7) is -0.235. The van der Waals surface area contributed by atoms with Gasteiger partial charge in [0.15, 0.2) is 5.60 Å². The first-order valence-electron chi connectivity index (χ1n) is 7.50. The lowest BCUT2D eigenvalue weighted by Gasteiger charge is -2.39. The van der Waals surface area contributed by atoms with Crippen LogP contribution in [0.2, 0.25) is 0 Å². The SMILES string of the molecule is O=C(COC1CCCCC1)N1CCC(O)(C(F)(F)F)CC1. The normalized spacial score (nSPS) is 24.1. The smallest absolute Gasteiger partial charge is 0.380 e. The molecule has 0 unspecified atom stereocenters. The average molecular weight is 309 g/mol. The van der Waals surface area contributed by atoms with Crippen LogP contribution in [0.3, 0.4) is 0 Å². The topological polar surface area (TPSA) is 49.8 Å². The lowest BCUT2D eigenvalue weighted by atomic mass is 9.91. The minimum absolute atomic E-state index is 0.0743. The summed E-state index contributed by atoms with van der Waals surface area (Å²) in [5.41, 5.74) is -2.66. The van der Waals surface area contributed by atoms with Gasteiger partial charge >= 0.3 is 6.18 Å². The van der Waals surface area contributed by atoms with Crippen LogP contribution in [0.25, 0.3) is 0 Å². The van der Waals surface area contributed by atoms with Gasteiger partial charge in [0, 0.05) is 25.9 Å². The lowest BCUT2D eigenvalue weighted by molar-refractivity contribution is -0.272. The molecule has 0 atom stereocenters. The van der Waals surface area contributed by atoms with Gasteiger partial charge in [-0.25, -0.2) is 0 Å². The van der Waals surface area contributed by atoms with Crippen molar-refractivity contribution in [3.63, 3.8) is 0 Å². The molecule has 4 nitrogen and oxygen atoms in total. The summed E-state index contributed by atoms with van der Waals surface area (Å²) in [6, 6.07) is 0. The Labute approximate surface area is 122 Å². The highest BCUT2D eigenvalue weighted by Gasteiger charge is 2.54. The van der Waals surface area contributed by atoms with Gasteiger partial charge in [0.2, 0.25) is 5.91 Å². The number of hydrogen-bond acceptors (Lipinski definition) is 3. The fraction of sp³-hybridized carbons (Fsp3) is 0.929. The van der Waals surface area contributed by atoms with Crippen molar-refractivity contribution in [1.29, 1.82) is 0 Å². The highest BCUT2D eigenvalue weighted by Crippen LogP contribution is 2.38. The summed E-state index contributed by atoms with van der Waals surface area (Å²) in [5, 5.41) is 9.55. The number of rotatable bonds is 3. The highest BCUT2D eigenvalue weighted by molar-refractivity contribution is 5.77. The first-order chi connectivity index (χ1) is 9.82. The van der Waals surface area contributed by atoms with Gasteiger partial charge in [0.25, 0.3) is 0 Å². The molecule has 1 saturated carbocycles. The molecule has 0 spiro atoms. The van der Waals surface area contributed by atoms with Crippen molar-refractivity contribution in [2.24, 2.45) is 0 Å². The first kappa shape index (κ1) is 16.5. The maximum absolute atomic E-state index is 12.7. The third kappa shape index (κ3) is 4.10. The van der Waals surface area contributed by atoms with Crippen LogP contribution in [0.4, 0.5) is 13.2 Å². The Morgan fingerprint density at radius 2 is 1.76 bits per heavy atom. The van der Waals surface area contributed by atoms with E-state index in [9.17, 15) is 23.1 Å². The van der Waals surface area contributed by atoms with Gasteiger partial charge in [0.05, 0.1) is 6.10 Å². The summed E-state index contributed by atoms with van der Waals surface area (Å²) in [6.07, 6.45) is -0.196. The van der Waals surface area contributed by atoms with Crippen molar-refractivity contribution >= 4 is 5.91 Å². The Balaban J connectivity index is 1.75. The molecule has 0 aromatic heterocycles. The number of hydrogen-bond donors (Lipinski definition) is 1. The second-order valence-corrected chi connectivity index (χ2v) is 5.98. The number of nitrogens with zero attached hydrogens (tertiary/aromatic N) is 1. The minimum atomic E-state index is -4.64. The summed E-state index contributed by atoms with van der Waals surface area (Å²) in [5.74, 6) is -0.287. The maximum Gasteiger partial charge on any atom is 0.417 e. The van der Waals surface area contributed by atoms with E-state index in [-0.39, 0.29) is 31.7 Å². The third-order valence-electron chi connectivity index (χ3n) is 4.47. The Morgan fingerprint density at radius 3 is 2.29 bits per heavy atom. The predicted octanol–water partition coefficient (Wildman–Crippen LogP) is 2.25. The Morgan fingerprint density at radius 1 is 1.19 bits per heavy atom. The van der Waals surface area contributed by atoms with E-state index in [1.807, 2.05) is 0 Å². The molecule has 7 heteroatoms. The van der Waals surface area contributed by atoms with Crippen molar-refractivity contribution in [2.75, 3.05) is 19.7 Å². The van der Waals surface area contributed by atoms with Gasteiger partial charge in [-0.3, -0.25) is 4.79 Å². The van der Waals surface area contributed by atoms with Crippen molar-refractivity contribution < 1.29 is 27.8 Å². The van der Waals surface area contributed by atoms with Crippen LogP contribution in [0.1, 0.15) is 44.9 Å². The second kappa shape index (κ2) is 6.52. The Kier molecular flexibility index (Phi) is 5.14. The van der Waals surface area contributed by atoms with Gasteiger partial charge in [-0.2, -0.15) is 13.2 Å². The fourth-order valence-corrected chi connectivity index (χ4v) is 2.92. The maximum atomic E-state index is 12.7. The number of halogens is 3. The van der Waals surface area contributed by atoms with Crippen LogP contribution in [0, 0.1) is 0 Å². The fourth-order valence-electron chi connectivity index (χ4n) is 2.92. The molecule has 2 rings (SSSR count). The number of ether oxygens (including phenoxy) is 1. The summed E-state index contributed by atoms with van der Waals surface area (Å²) in [4.78, 5) is 13.3. The highest BCUT2D eigenvalue weighted by atomic mass is 19.4. The number of alkyl halides is 3. The molecule has 21 heavy (non-hydrogen) atoms. The van der Waals surface area contributed by atoms with Crippen molar-refractivity contribution in [1.82, 2.24) is 4.90 Å². The molecule has 1 saturated heterocycles. The molecule has 1 heterocycles. The lowest BCUT2D eigenvalue weighted by Crippen LogP contribution is -2.54. The monoisotopic (exact) mass is 309 g/mol. The van der Waals surface area contributed by atoms with Crippen molar-refractivity contribution in [2.45, 2.75) is 62.8 Å². The minimum Gasteiger partial charge on any atom is -0.380 e. The largest absolute Gasteiger partial charge is 0.417 e. The standard InChI is InChI=1S/C14H22F3NO3/c15-14(16,17)13(20)6-8-18(9-7-13)12(19)10-21-11-4-2-1-3-5-11/h11,20H,1-10H2. The van der Waals surface area contributed by atoms with E-state index in [0.717, 1.165) is 25.7 Å². The molecule has 2 aliphatic rings. The molecule has 2 fully saturated rings. The van der Waals surface area contributed by atoms with Crippen LogP contribution in [0.5, 0.6) is 0 Å². The average Bonchev–Trinajstić information content (AvgIpc) is 2.45. The van der Waals surface area contributed by atoms with Gasteiger partial charge in [-0.15, -0.1) is 0 Å². The number of likely N-dealkylation sites (tertiary alicyclic amines) is 1. The molecule has 1 aliphatic heterocycles. The van der Waals surface area contributed by atoms with Gasteiger partial charge in [-0.1, -0.05) is 19.3 Å². The van der Waals surface area contributed by atoms with E-state index in [2.05, 4.69) is 0 Å². The van der Waals surface area contributed by atoms with Crippen molar-refractivity contribution in [3.05, 3.63) is 0 Å². The van der Waals surface area contributed by atoms with E-state index >= 15 is 0 Å². The van der Waals surface area contributed by atoms with E-state index in [4.69, 9.17) is 4.74 Å². The van der Waals surface area contributed by atoms with Crippen LogP contribution in [-0.2, 0) is 9.53 Å². The number of aliphatic hydroxyl groups is 1. The van der Waals surface area contributed by atoms with E-state index in [1.54, 1.807) is 0 Å². The summed E-state index contributed by atoms with van der Waals surface area (Å²) in [7, 11) is 0. The Bertz CT molecular complexity index is 359. The van der Waals surface area contributed by atoms with Crippen molar-refractivity contribution in [3.8, 4) is 0 Å². The summed E-state index contributed by atoms with van der Waals surface area (Å²) < 4.78 is 43.5. The summed E-state index contributed by atoms with van der Waals surface area (Å²) >= 11 is 0. The number of piperidine rings is 1. The van der Waals surface area contributed by atoms with Crippen LogP contribution in [0.15, 0.2) is 0 Å². The van der Waals surface area contributed by atoms with E-state index in [1.165, 1.54) is 11.3 Å². The van der Waals surface area contributed by atoms with Gasteiger partial charge in [0.1, 0.15) is 6.61 Å².